The normalized spacial score (nSPS) is 14.2. The van der Waals surface area contributed by atoms with Gasteiger partial charge in [0.2, 0.25) is 0 Å². The number of nitrogens with zero attached hydrogens (tertiary/aromatic N) is 4. The van der Waals surface area contributed by atoms with E-state index >= 15 is 0 Å². The Morgan fingerprint density at radius 3 is 2.63 bits per heavy atom. The number of carbonyl (C=O) groups excluding carboxylic acids is 1. The molecule has 0 saturated heterocycles. The minimum absolute atomic E-state index is 0.0429. The summed E-state index contributed by atoms with van der Waals surface area (Å²) < 4.78 is 13.8. The first-order chi connectivity index (χ1) is 17.0. The van der Waals surface area contributed by atoms with Crippen LogP contribution < -0.4 is 19.7 Å². The Bertz CT molecular complexity index is 908. The molecule has 2 amide bonds. The van der Waals surface area contributed by atoms with Crippen LogP contribution in [0, 0.1) is 6.92 Å². The first-order valence-electron chi connectivity index (χ1n) is 13.0. The molecule has 0 spiro atoms. The number of aromatic nitrogens is 2. The molecular weight excluding hydrogens is 442 g/mol. The smallest absolute Gasteiger partial charge is 0.322 e. The first kappa shape index (κ1) is 26.9. The Hall–Kier alpha value is -2.74. The molecule has 2 aromatic rings. The van der Waals surface area contributed by atoms with Crippen molar-refractivity contribution in [2.45, 2.75) is 70.9 Å². The summed E-state index contributed by atoms with van der Waals surface area (Å²) in [5, 5.41) is 3.15. The van der Waals surface area contributed by atoms with E-state index in [1.165, 1.54) is 6.42 Å². The molecule has 194 valence electrons. The molecule has 35 heavy (non-hydrogen) atoms. The van der Waals surface area contributed by atoms with Crippen molar-refractivity contribution in [2.75, 3.05) is 45.8 Å². The van der Waals surface area contributed by atoms with Crippen LogP contribution in [0.3, 0.4) is 0 Å². The minimum Gasteiger partial charge on any atom is -0.493 e. The van der Waals surface area contributed by atoms with Crippen molar-refractivity contribution in [3.8, 4) is 11.5 Å². The summed E-state index contributed by atoms with van der Waals surface area (Å²) in [6, 6.07) is 6.02. The largest absolute Gasteiger partial charge is 0.493 e. The number of hydrogen-bond acceptors (Lipinski definition) is 5. The van der Waals surface area contributed by atoms with Gasteiger partial charge in [0.25, 0.3) is 0 Å². The number of amides is 2. The summed E-state index contributed by atoms with van der Waals surface area (Å²) in [7, 11) is 5.82. The third kappa shape index (κ3) is 8.16. The number of unbranched alkanes of at least 4 members (excludes halogenated alkanes) is 1. The average Bonchev–Trinajstić information content (AvgIpc) is 3.27. The van der Waals surface area contributed by atoms with Crippen LogP contribution in [0.5, 0.6) is 11.5 Å². The second-order valence-corrected chi connectivity index (χ2v) is 9.67. The maximum absolute atomic E-state index is 13.4. The predicted molar refractivity (Wildman–Crippen MR) is 141 cm³/mol. The quantitative estimate of drug-likeness (QED) is 0.410. The van der Waals surface area contributed by atoms with Crippen molar-refractivity contribution >= 4 is 11.7 Å². The summed E-state index contributed by atoms with van der Waals surface area (Å²) in [6.07, 6.45) is 12.2. The van der Waals surface area contributed by atoms with E-state index in [9.17, 15) is 4.79 Å². The summed E-state index contributed by atoms with van der Waals surface area (Å²) >= 11 is 0. The highest BCUT2D eigenvalue weighted by Gasteiger charge is 2.27. The predicted octanol–water partition coefficient (Wildman–Crippen LogP) is 4.86. The van der Waals surface area contributed by atoms with Gasteiger partial charge in [-0.3, -0.25) is 4.90 Å². The van der Waals surface area contributed by atoms with Crippen LogP contribution in [0.25, 0.3) is 0 Å². The van der Waals surface area contributed by atoms with Crippen LogP contribution in [-0.4, -0.2) is 67.4 Å². The van der Waals surface area contributed by atoms with E-state index in [1.54, 1.807) is 7.11 Å². The molecule has 0 atom stereocenters. The van der Waals surface area contributed by atoms with Crippen molar-refractivity contribution < 1.29 is 14.3 Å². The number of carbonyl (C=O) groups is 1. The van der Waals surface area contributed by atoms with Crippen LogP contribution in [0.2, 0.25) is 0 Å². The molecule has 0 aliphatic heterocycles. The summed E-state index contributed by atoms with van der Waals surface area (Å²) in [4.78, 5) is 21.7. The van der Waals surface area contributed by atoms with Crippen molar-refractivity contribution in [1.29, 1.82) is 0 Å². The van der Waals surface area contributed by atoms with E-state index in [0.29, 0.717) is 18.9 Å². The monoisotopic (exact) mass is 485 g/mol. The molecule has 1 aromatic carbocycles. The SMILES string of the molecule is COc1cc(N(C(=O)NCCCn2cncc2C)C2CCCCC2)ccc1OCCCCN(C)C. The van der Waals surface area contributed by atoms with E-state index in [0.717, 1.165) is 75.2 Å². The molecule has 3 rings (SSSR count). The third-order valence-corrected chi connectivity index (χ3v) is 6.61. The number of benzene rings is 1. The Kier molecular flexibility index (Phi) is 10.7. The maximum Gasteiger partial charge on any atom is 0.322 e. The molecule has 0 radical (unpaired) electrons. The summed E-state index contributed by atoms with van der Waals surface area (Å²) in [6.45, 7) is 5.19. The van der Waals surface area contributed by atoms with Crippen molar-refractivity contribution in [3.63, 3.8) is 0 Å². The molecule has 8 nitrogen and oxygen atoms in total. The van der Waals surface area contributed by atoms with Crippen molar-refractivity contribution in [3.05, 3.63) is 36.4 Å². The van der Waals surface area contributed by atoms with Crippen LogP contribution in [0.1, 0.15) is 57.1 Å². The van der Waals surface area contributed by atoms with Gasteiger partial charge in [-0.25, -0.2) is 9.78 Å². The number of aryl methyl sites for hydroxylation is 2. The fourth-order valence-corrected chi connectivity index (χ4v) is 4.62. The van der Waals surface area contributed by atoms with Gasteiger partial charge in [0.15, 0.2) is 11.5 Å². The maximum atomic E-state index is 13.4. The fourth-order valence-electron chi connectivity index (χ4n) is 4.62. The zero-order valence-corrected chi connectivity index (χ0v) is 22.0. The molecule has 0 bridgehead atoms. The van der Waals surface area contributed by atoms with Gasteiger partial charge in [0.05, 0.1) is 20.0 Å². The molecule has 1 aliphatic rings. The zero-order chi connectivity index (χ0) is 25.0. The molecule has 1 N–H and O–H groups in total. The summed E-state index contributed by atoms with van der Waals surface area (Å²) in [5.41, 5.74) is 1.99. The lowest BCUT2D eigenvalue weighted by Crippen LogP contribution is -2.47. The van der Waals surface area contributed by atoms with E-state index < -0.39 is 0 Å². The number of urea groups is 1. The first-order valence-corrected chi connectivity index (χ1v) is 13.0. The fraction of sp³-hybridized carbons (Fsp3) is 0.630. The van der Waals surface area contributed by atoms with E-state index in [1.807, 2.05) is 42.5 Å². The number of ether oxygens (including phenoxy) is 2. The van der Waals surface area contributed by atoms with E-state index in [4.69, 9.17) is 9.47 Å². The van der Waals surface area contributed by atoms with Gasteiger partial charge >= 0.3 is 6.03 Å². The highest BCUT2D eigenvalue weighted by atomic mass is 16.5. The van der Waals surface area contributed by atoms with Crippen LogP contribution >= 0.6 is 0 Å². The van der Waals surface area contributed by atoms with E-state index in [-0.39, 0.29) is 12.1 Å². The highest BCUT2D eigenvalue weighted by Crippen LogP contribution is 2.35. The van der Waals surface area contributed by atoms with Gasteiger partial charge in [-0.1, -0.05) is 19.3 Å². The molecule has 8 heteroatoms. The number of hydrogen-bond donors (Lipinski definition) is 1. The van der Waals surface area contributed by atoms with Gasteiger partial charge in [0, 0.05) is 42.8 Å². The van der Waals surface area contributed by atoms with Gasteiger partial charge < -0.3 is 24.3 Å². The lowest BCUT2D eigenvalue weighted by atomic mass is 9.94. The highest BCUT2D eigenvalue weighted by molar-refractivity contribution is 5.93. The Morgan fingerprint density at radius 1 is 1.14 bits per heavy atom. The topological polar surface area (TPSA) is 71.9 Å². The zero-order valence-electron chi connectivity index (χ0n) is 22.0. The molecule has 1 aromatic heterocycles. The molecule has 1 saturated carbocycles. The number of rotatable bonds is 13. The third-order valence-electron chi connectivity index (χ3n) is 6.61. The van der Waals surface area contributed by atoms with E-state index in [2.05, 4.69) is 33.9 Å². The standard InChI is InChI=1S/C27H43N5O3/c1-22-20-28-21-31(22)17-10-15-29-27(33)32(23-11-6-5-7-12-23)24-13-14-25(26(19-24)34-4)35-18-9-8-16-30(2)3/h13-14,19-21,23H,5-12,15-18H2,1-4H3,(H,29,33). The molecule has 1 aliphatic carbocycles. The van der Waals surface area contributed by atoms with Gasteiger partial charge in [-0.05, 0) is 71.8 Å². The Balaban J connectivity index is 1.64. The number of anilines is 1. The number of methoxy groups -OCH3 is 1. The van der Waals surface area contributed by atoms with Gasteiger partial charge in [-0.15, -0.1) is 0 Å². The Morgan fingerprint density at radius 2 is 1.94 bits per heavy atom. The second-order valence-electron chi connectivity index (χ2n) is 9.67. The lowest BCUT2D eigenvalue weighted by molar-refractivity contribution is 0.241. The Labute approximate surface area is 210 Å². The van der Waals surface area contributed by atoms with Crippen LogP contribution in [-0.2, 0) is 6.54 Å². The van der Waals surface area contributed by atoms with Gasteiger partial charge in [-0.2, -0.15) is 0 Å². The van der Waals surface area contributed by atoms with Crippen LogP contribution in [0.4, 0.5) is 10.5 Å². The minimum atomic E-state index is -0.0429. The molecule has 0 unspecified atom stereocenters. The van der Waals surface area contributed by atoms with Gasteiger partial charge in [0.1, 0.15) is 0 Å². The lowest BCUT2D eigenvalue weighted by Gasteiger charge is -2.34. The number of imidazole rings is 1. The molecule has 1 heterocycles. The van der Waals surface area contributed by atoms with Crippen molar-refractivity contribution in [2.24, 2.45) is 0 Å². The second kappa shape index (κ2) is 14.0. The van der Waals surface area contributed by atoms with Crippen LogP contribution in [0.15, 0.2) is 30.7 Å². The number of nitrogens with one attached hydrogen (secondary N) is 1. The molecular formula is C27H43N5O3. The molecule has 1 fully saturated rings. The van der Waals surface area contributed by atoms with Crippen molar-refractivity contribution in [1.82, 2.24) is 19.8 Å². The average molecular weight is 486 g/mol. The summed E-state index contributed by atoms with van der Waals surface area (Å²) in [5.74, 6) is 1.39.